The molecule has 3 aliphatic rings. The zero-order valence-corrected chi connectivity index (χ0v) is 22.2. The minimum absolute atomic E-state index is 0.00828. The van der Waals surface area contributed by atoms with E-state index >= 15 is 0 Å². The maximum Gasteiger partial charge on any atom is 0.247 e. The number of aromatic nitrogens is 2. The Kier molecular flexibility index (Phi) is 5.70. The molecule has 0 amide bonds. The van der Waals surface area contributed by atoms with Gasteiger partial charge in [-0.05, 0) is 73.4 Å². The van der Waals surface area contributed by atoms with Crippen LogP contribution < -0.4 is 15.3 Å². The highest BCUT2D eigenvalue weighted by Gasteiger charge is 2.41. The summed E-state index contributed by atoms with van der Waals surface area (Å²) in [5.41, 5.74) is 5.51. The van der Waals surface area contributed by atoms with E-state index in [0.29, 0.717) is 35.3 Å². The van der Waals surface area contributed by atoms with E-state index < -0.39 is 0 Å². The van der Waals surface area contributed by atoms with Gasteiger partial charge in [-0.15, -0.1) is 10.2 Å². The molecule has 4 heterocycles. The van der Waals surface area contributed by atoms with E-state index in [4.69, 9.17) is 14.1 Å². The lowest BCUT2D eigenvalue weighted by atomic mass is 9.73. The van der Waals surface area contributed by atoms with Crippen molar-refractivity contribution in [1.29, 1.82) is 0 Å². The molecule has 7 heteroatoms. The molecule has 0 unspecified atom stereocenters. The molecule has 0 saturated carbocycles. The van der Waals surface area contributed by atoms with E-state index in [9.17, 15) is 4.79 Å². The molecule has 7 nitrogen and oxygen atoms in total. The second-order valence-electron chi connectivity index (χ2n) is 10.7. The van der Waals surface area contributed by atoms with Crippen molar-refractivity contribution in [2.75, 3.05) is 32.8 Å². The van der Waals surface area contributed by atoms with E-state index in [2.05, 4.69) is 34.2 Å². The number of likely N-dealkylation sites (tertiary alicyclic amines) is 1. The fourth-order valence-electron chi connectivity index (χ4n) is 6.20. The molecule has 0 radical (unpaired) electrons. The average Bonchev–Trinajstić information content (AvgIpc) is 3.72. The molecule has 0 N–H and O–H groups in total. The van der Waals surface area contributed by atoms with Gasteiger partial charge in [0.15, 0.2) is 5.78 Å². The molecule has 0 atom stereocenters. The molecular weight excluding hydrogens is 488 g/mol. The minimum atomic E-state index is -0.00828. The van der Waals surface area contributed by atoms with Crippen LogP contribution in [0, 0.1) is 6.92 Å². The van der Waals surface area contributed by atoms with Crippen molar-refractivity contribution in [2.24, 2.45) is 4.99 Å². The normalized spacial score (nSPS) is 17.3. The molecular formula is C32H30N4O3. The highest BCUT2D eigenvalue weighted by molar-refractivity contribution is 6.11. The Morgan fingerprint density at radius 3 is 2.33 bits per heavy atom. The first-order chi connectivity index (χ1) is 19.0. The van der Waals surface area contributed by atoms with Gasteiger partial charge in [-0.25, -0.2) is 0 Å². The summed E-state index contributed by atoms with van der Waals surface area (Å²) in [6.45, 7) is 8.50. The van der Waals surface area contributed by atoms with Gasteiger partial charge in [0, 0.05) is 35.2 Å². The van der Waals surface area contributed by atoms with Crippen molar-refractivity contribution < 1.29 is 13.9 Å². The van der Waals surface area contributed by atoms with Gasteiger partial charge >= 0.3 is 0 Å². The van der Waals surface area contributed by atoms with Crippen LogP contribution in [0.2, 0.25) is 0 Å². The number of carbonyl (C=O) groups is 1. The summed E-state index contributed by atoms with van der Waals surface area (Å²) in [7, 11) is 0. The van der Waals surface area contributed by atoms with Crippen molar-refractivity contribution in [3.63, 3.8) is 0 Å². The van der Waals surface area contributed by atoms with Crippen molar-refractivity contribution in [3.8, 4) is 28.3 Å². The average molecular weight is 519 g/mol. The summed E-state index contributed by atoms with van der Waals surface area (Å²) >= 11 is 0. The van der Waals surface area contributed by atoms with Crippen molar-refractivity contribution in [3.05, 3.63) is 87.8 Å². The lowest BCUT2D eigenvalue weighted by molar-refractivity contribution is 0.103. The molecule has 0 aliphatic carbocycles. The number of piperidine rings is 1. The van der Waals surface area contributed by atoms with Crippen LogP contribution in [-0.2, 0) is 5.41 Å². The van der Waals surface area contributed by atoms with Gasteiger partial charge in [-0.3, -0.25) is 9.79 Å². The first-order valence-electron chi connectivity index (χ1n) is 13.7. The Morgan fingerprint density at radius 1 is 0.974 bits per heavy atom. The Balaban J connectivity index is 1.19. The molecule has 1 fully saturated rings. The molecule has 4 aromatic rings. The summed E-state index contributed by atoms with van der Waals surface area (Å²) in [6.07, 6.45) is 4.23. The van der Waals surface area contributed by atoms with Gasteiger partial charge in [0.25, 0.3) is 0 Å². The predicted molar refractivity (Wildman–Crippen MR) is 148 cm³/mol. The smallest absolute Gasteiger partial charge is 0.247 e. The second kappa shape index (κ2) is 9.27. The largest absolute Gasteiger partial charge is 0.488 e. The summed E-state index contributed by atoms with van der Waals surface area (Å²) in [6, 6.07) is 17.9. The second-order valence-corrected chi connectivity index (χ2v) is 10.7. The number of nitrogens with zero attached hydrogens (tertiary/aromatic N) is 4. The van der Waals surface area contributed by atoms with Gasteiger partial charge in [0.2, 0.25) is 11.8 Å². The number of ketones is 1. The van der Waals surface area contributed by atoms with Crippen LogP contribution in [0.5, 0.6) is 5.75 Å². The van der Waals surface area contributed by atoms with Crippen LogP contribution in [0.4, 0.5) is 0 Å². The molecule has 1 aromatic heterocycles. The third-order valence-corrected chi connectivity index (χ3v) is 8.56. The van der Waals surface area contributed by atoms with Crippen molar-refractivity contribution >= 4 is 11.9 Å². The molecule has 1 saturated heterocycles. The molecule has 1 spiro atoms. The van der Waals surface area contributed by atoms with Crippen LogP contribution in [0.15, 0.2) is 64.0 Å². The third-order valence-electron chi connectivity index (χ3n) is 8.56. The predicted octanol–water partition coefficient (Wildman–Crippen LogP) is 4.10. The van der Waals surface area contributed by atoms with Gasteiger partial charge in [0.05, 0.1) is 10.9 Å². The SMILES string of the molecule is CCN1CCC2(CC1)CN=c1c2cc(C(=O)c2ccc(-c3ccc(-c4nnc(C)o4)cc3)cc2)c2c1=CCO2. The highest BCUT2D eigenvalue weighted by Crippen LogP contribution is 2.38. The maximum absolute atomic E-state index is 13.9. The topological polar surface area (TPSA) is 80.8 Å². The Hall–Kier alpha value is -4.10. The van der Waals surface area contributed by atoms with Crippen LogP contribution in [0.25, 0.3) is 28.7 Å². The van der Waals surface area contributed by atoms with E-state index in [-0.39, 0.29) is 11.2 Å². The van der Waals surface area contributed by atoms with Crippen LogP contribution >= 0.6 is 0 Å². The Labute approximate surface area is 226 Å². The number of rotatable bonds is 5. The number of hydrogen-bond acceptors (Lipinski definition) is 7. The number of fused-ring (bicyclic) bond motifs is 4. The third kappa shape index (κ3) is 4.00. The molecule has 3 aliphatic heterocycles. The van der Waals surface area contributed by atoms with Gasteiger partial charge in [0.1, 0.15) is 12.4 Å². The molecule has 7 rings (SSSR count). The monoisotopic (exact) mass is 518 g/mol. The van der Waals surface area contributed by atoms with Gasteiger partial charge in [-0.1, -0.05) is 43.3 Å². The molecule has 0 bridgehead atoms. The summed E-state index contributed by atoms with van der Waals surface area (Å²) in [5, 5.41) is 10.0. The van der Waals surface area contributed by atoms with Crippen molar-refractivity contribution in [2.45, 2.75) is 32.1 Å². The van der Waals surface area contributed by atoms with Crippen LogP contribution in [-0.4, -0.2) is 53.7 Å². The fourth-order valence-corrected chi connectivity index (χ4v) is 6.20. The maximum atomic E-state index is 13.9. The number of carbonyl (C=O) groups excluding carboxylic acids is 1. The van der Waals surface area contributed by atoms with Gasteiger partial charge < -0.3 is 14.1 Å². The highest BCUT2D eigenvalue weighted by atomic mass is 16.5. The Bertz CT molecular complexity index is 1700. The lowest BCUT2D eigenvalue weighted by Crippen LogP contribution is -2.45. The first-order valence-corrected chi connectivity index (χ1v) is 13.7. The molecule has 196 valence electrons. The zero-order chi connectivity index (χ0) is 26.6. The van der Waals surface area contributed by atoms with E-state index in [1.165, 1.54) is 5.56 Å². The van der Waals surface area contributed by atoms with E-state index in [1.54, 1.807) is 6.92 Å². The lowest BCUT2D eigenvalue weighted by Gasteiger charge is -2.39. The van der Waals surface area contributed by atoms with Crippen LogP contribution in [0.3, 0.4) is 0 Å². The van der Waals surface area contributed by atoms with Crippen molar-refractivity contribution in [1.82, 2.24) is 15.1 Å². The molecule has 3 aromatic carbocycles. The summed E-state index contributed by atoms with van der Waals surface area (Å²) in [4.78, 5) is 21.4. The van der Waals surface area contributed by atoms with Crippen LogP contribution in [0.1, 0.15) is 47.1 Å². The summed E-state index contributed by atoms with van der Waals surface area (Å²) in [5.74, 6) is 1.72. The van der Waals surface area contributed by atoms with Gasteiger partial charge in [-0.2, -0.15) is 0 Å². The molecule has 39 heavy (non-hydrogen) atoms. The van der Waals surface area contributed by atoms with E-state index in [0.717, 1.165) is 66.3 Å². The number of benzene rings is 3. The Morgan fingerprint density at radius 2 is 1.67 bits per heavy atom. The fraction of sp³-hybridized carbons (Fsp3) is 0.312. The summed E-state index contributed by atoms with van der Waals surface area (Å²) < 4.78 is 11.5. The number of ether oxygens (including phenoxy) is 1. The number of aryl methyl sites for hydroxylation is 1. The number of hydrogen-bond donors (Lipinski definition) is 0. The minimum Gasteiger partial charge on any atom is -0.488 e. The standard InChI is InChI=1S/C32H30N4O3/c1-3-36-15-13-32(14-16-36)19-33-28-25-12-17-38-30(25)26(18-27(28)32)29(37)23-8-4-21(5-9-23)22-6-10-24(11-7-22)31-35-34-20(2)39-31/h4-12,18H,3,13-17,19H2,1-2H3. The van der Waals surface area contributed by atoms with E-state index in [1.807, 2.05) is 48.5 Å². The first kappa shape index (κ1) is 24.0. The zero-order valence-electron chi connectivity index (χ0n) is 22.2. The quantitative estimate of drug-likeness (QED) is 0.370.